The van der Waals surface area contributed by atoms with Gasteiger partial charge >= 0.3 is 0 Å². The molecule has 0 amide bonds. The molecular formula is C31H22N4. The Kier molecular flexibility index (Phi) is 4.79. The standard InChI is InChI=1S/C31H22N4/c1-31(2)26-11-7-6-10-24(26)25-17-16-23(18-27(25)31)30-34-28(21-8-4-3-5-9-21)33-29(35-30)22-14-12-20(19-32)13-15-22/h3-18H,1-2H3. The van der Waals surface area contributed by atoms with Gasteiger partial charge in [0.1, 0.15) is 0 Å². The van der Waals surface area contributed by atoms with E-state index in [4.69, 9.17) is 15.0 Å². The van der Waals surface area contributed by atoms with Crippen molar-refractivity contribution in [2.24, 2.45) is 0 Å². The SMILES string of the molecule is CC1(C)c2ccccc2-c2ccc(-c3nc(-c4ccccc4)nc(-c4ccc(C#N)cc4)n3)cc21. The van der Waals surface area contributed by atoms with Gasteiger partial charge in [0, 0.05) is 22.1 Å². The molecule has 0 aliphatic heterocycles. The summed E-state index contributed by atoms with van der Waals surface area (Å²) >= 11 is 0. The van der Waals surface area contributed by atoms with E-state index in [2.05, 4.69) is 62.4 Å². The first-order chi connectivity index (χ1) is 17.0. The molecule has 1 aliphatic carbocycles. The van der Waals surface area contributed by atoms with Gasteiger partial charge in [0.15, 0.2) is 17.5 Å². The van der Waals surface area contributed by atoms with E-state index >= 15 is 0 Å². The minimum atomic E-state index is -0.104. The van der Waals surface area contributed by atoms with E-state index in [0.29, 0.717) is 23.0 Å². The zero-order valence-corrected chi connectivity index (χ0v) is 19.5. The monoisotopic (exact) mass is 450 g/mol. The number of fused-ring (bicyclic) bond motifs is 3. The summed E-state index contributed by atoms with van der Waals surface area (Å²) in [6.07, 6.45) is 0. The summed E-state index contributed by atoms with van der Waals surface area (Å²) in [6, 6.07) is 34.6. The third-order valence-corrected chi connectivity index (χ3v) is 6.78. The summed E-state index contributed by atoms with van der Waals surface area (Å²) in [4.78, 5) is 14.5. The maximum Gasteiger partial charge on any atom is 0.164 e. The summed E-state index contributed by atoms with van der Waals surface area (Å²) < 4.78 is 0. The van der Waals surface area contributed by atoms with Gasteiger partial charge in [-0.1, -0.05) is 80.6 Å². The van der Waals surface area contributed by atoms with Gasteiger partial charge in [0.25, 0.3) is 0 Å². The van der Waals surface area contributed by atoms with Crippen LogP contribution in [0.2, 0.25) is 0 Å². The normalized spacial score (nSPS) is 13.1. The van der Waals surface area contributed by atoms with E-state index < -0.39 is 0 Å². The van der Waals surface area contributed by atoms with Crippen LogP contribution in [0.25, 0.3) is 45.3 Å². The molecule has 0 spiro atoms. The van der Waals surface area contributed by atoms with Crippen molar-refractivity contribution in [1.82, 2.24) is 15.0 Å². The van der Waals surface area contributed by atoms with Crippen LogP contribution in [-0.4, -0.2) is 15.0 Å². The Morgan fingerprint density at radius 2 is 1.11 bits per heavy atom. The van der Waals surface area contributed by atoms with E-state index in [1.54, 1.807) is 12.1 Å². The summed E-state index contributed by atoms with van der Waals surface area (Å²) in [6.45, 7) is 4.54. The highest BCUT2D eigenvalue weighted by Crippen LogP contribution is 2.49. The second-order valence-corrected chi connectivity index (χ2v) is 9.29. The highest BCUT2D eigenvalue weighted by Gasteiger charge is 2.35. The van der Waals surface area contributed by atoms with Crippen LogP contribution in [0.4, 0.5) is 0 Å². The predicted octanol–water partition coefficient (Wildman–Crippen LogP) is 7.05. The molecule has 0 bridgehead atoms. The Labute approximate surface area is 204 Å². The molecule has 1 aliphatic rings. The highest BCUT2D eigenvalue weighted by atomic mass is 15.0. The smallest absolute Gasteiger partial charge is 0.164 e. The average molecular weight is 451 g/mol. The lowest BCUT2D eigenvalue weighted by Crippen LogP contribution is -2.15. The number of nitrogens with zero attached hydrogens (tertiary/aromatic N) is 4. The molecule has 6 rings (SSSR count). The van der Waals surface area contributed by atoms with Gasteiger partial charge in [-0.15, -0.1) is 0 Å². The van der Waals surface area contributed by atoms with Gasteiger partial charge in [-0.25, -0.2) is 15.0 Å². The quantitative estimate of drug-likeness (QED) is 0.295. The fourth-order valence-corrected chi connectivity index (χ4v) is 4.89. The van der Waals surface area contributed by atoms with E-state index in [1.165, 1.54) is 22.3 Å². The summed E-state index contributed by atoms with van der Waals surface area (Å²) in [5.41, 5.74) is 8.40. The fourth-order valence-electron chi connectivity index (χ4n) is 4.89. The van der Waals surface area contributed by atoms with Gasteiger partial charge in [-0.2, -0.15) is 5.26 Å². The zero-order valence-electron chi connectivity index (χ0n) is 19.5. The Morgan fingerprint density at radius 3 is 1.80 bits per heavy atom. The average Bonchev–Trinajstić information content (AvgIpc) is 3.15. The molecule has 0 saturated heterocycles. The van der Waals surface area contributed by atoms with E-state index in [1.807, 2.05) is 42.5 Å². The Bertz CT molecular complexity index is 1610. The van der Waals surface area contributed by atoms with E-state index in [-0.39, 0.29) is 5.41 Å². The summed E-state index contributed by atoms with van der Waals surface area (Å²) in [5.74, 6) is 1.84. The molecule has 35 heavy (non-hydrogen) atoms. The van der Waals surface area contributed by atoms with Crippen molar-refractivity contribution in [1.29, 1.82) is 5.26 Å². The van der Waals surface area contributed by atoms with Crippen LogP contribution in [0.15, 0.2) is 97.1 Å². The zero-order chi connectivity index (χ0) is 24.0. The predicted molar refractivity (Wildman–Crippen MR) is 138 cm³/mol. The van der Waals surface area contributed by atoms with Gasteiger partial charge in [-0.3, -0.25) is 0 Å². The van der Waals surface area contributed by atoms with Crippen molar-refractivity contribution in [3.05, 3.63) is 114 Å². The van der Waals surface area contributed by atoms with Gasteiger partial charge < -0.3 is 0 Å². The van der Waals surface area contributed by atoms with Crippen LogP contribution in [0, 0.1) is 11.3 Å². The second kappa shape index (κ2) is 8.00. The molecule has 0 atom stereocenters. The lowest BCUT2D eigenvalue weighted by atomic mass is 9.82. The molecule has 0 unspecified atom stereocenters. The van der Waals surface area contributed by atoms with Crippen molar-refractivity contribution in [2.75, 3.05) is 0 Å². The lowest BCUT2D eigenvalue weighted by Gasteiger charge is -2.21. The van der Waals surface area contributed by atoms with Gasteiger partial charge in [0.2, 0.25) is 0 Å². The summed E-state index contributed by atoms with van der Waals surface area (Å²) in [5, 5.41) is 9.18. The molecule has 1 aromatic heterocycles. The first kappa shape index (κ1) is 20.9. The van der Waals surface area contributed by atoms with Gasteiger partial charge in [0.05, 0.1) is 11.6 Å². The topological polar surface area (TPSA) is 62.5 Å². The van der Waals surface area contributed by atoms with Crippen molar-refractivity contribution >= 4 is 0 Å². The maximum absolute atomic E-state index is 9.18. The minimum absolute atomic E-state index is 0.104. The Hall–Kier alpha value is -4.62. The number of hydrogen-bond donors (Lipinski definition) is 0. The molecule has 1 heterocycles. The molecule has 0 N–H and O–H groups in total. The number of hydrogen-bond acceptors (Lipinski definition) is 4. The molecule has 4 heteroatoms. The number of benzene rings is 4. The Morgan fingerprint density at radius 1 is 0.571 bits per heavy atom. The van der Waals surface area contributed by atoms with Crippen molar-refractivity contribution in [2.45, 2.75) is 19.3 Å². The molecule has 4 aromatic carbocycles. The van der Waals surface area contributed by atoms with Crippen molar-refractivity contribution < 1.29 is 0 Å². The van der Waals surface area contributed by atoms with Crippen LogP contribution in [0.5, 0.6) is 0 Å². The van der Waals surface area contributed by atoms with Crippen molar-refractivity contribution in [3.8, 4) is 51.4 Å². The van der Waals surface area contributed by atoms with Crippen LogP contribution in [-0.2, 0) is 5.41 Å². The first-order valence-corrected chi connectivity index (χ1v) is 11.6. The maximum atomic E-state index is 9.18. The van der Waals surface area contributed by atoms with Crippen LogP contribution in [0.3, 0.4) is 0 Å². The van der Waals surface area contributed by atoms with Gasteiger partial charge in [-0.05, 0) is 52.6 Å². The third kappa shape index (κ3) is 3.50. The van der Waals surface area contributed by atoms with Crippen LogP contribution in [0.1, 0.15) is 30.5 Å². The Balaban J connectivity index is 1.53. The largest absolute Gasteiger partial charge is 0.208 e. The number of nitriles is 1. The highest BCUT2D eigenvalue weighted by molar-refractivity contribution is 5.83. The molecular weight excluding hydrogens is 428 g/mol. The van der Waals surface area contributed by atoms with Crippen molar-refractivity contribution in [3.63, 3.8) is 0 Å². The molecule has 5 aromatic rings. The first-order valence-electron chi connectivity index (χ1n) is 11.6. The van der Waals surface area contributed by atoms with Crippen LogP contribution >= 0.6 is 0 Å². The number of aromatic nitrogens is 3. The van der Waals surface area contributed by atoms with E-state index in [0.717, 1.165) is 16.7 Å². The molecule has 0 radical (unpaired) electrons. The molecule has 0 saturated carbocycles. The fraction of sp³-hybridized carbons (Fsp3) is 0.0968. The van der Waals surface area contributed by atoms with Crippen LogP contribution < -0.4 is 0 Å². The van der Waals surface area contributed by atoms with E-state index in [9.17, 15) is 5.26 Å². The number of rotatable bonds is 3. The molecule has 4 nitrogen and oxygen atoms in total. The molecule has 0 fully saturated rings. The third-order valence-electron chi connectivity index (χ3n) is 6.78. The summed E-state index contributed by atoms with van der Waals surface area (Å²) in [7, 11) is 0. The second-order valence-electron chi connectivity index (χ2n) is 9.29. The lowest BCUT2D eigenvalue weighted by molar-refractivity contribution is 0.660. The minimum Gasteiger partial charge on any atom is -0.208 e. The molecule has 166 valence electrons.